The number of amides is 1. The summed E-state index contributed by atoms with van der Waals surface area (Å²) in [6.07, 6.45) is 1.79. The van der Waals surface area contributed by atoms with Crippen LogP contribution in [0.15, 0.2) is 40.2 Å². The average Bonchev–Trinajstić information content (AvgIpc) is 3.07. The SMILES string of the molecule is CCc1nn(C)c(CC)c1CN=C(NCCSc1ccccc1)NCC(=O)N(C)C. The molecule has 2 N–H and O–H groups in total. The van der Waals surface area contributed by atoms with Gasteiger partial charge in [0.25, 0.3) is 0 Å². The van der Waals surface area contributed by atoms with E-state index in [2.05, 4.69) is 41.7 Å². The normalized spacial score (nSPS) is 11.4. The van der Waals surface area contributed by atoms with Gasteiger partial charge in [0.1, 0.15) is 0 Å². The van der Waals surface area contributed by atoms with Gasteiger partial charge in [0.15, 0.2) is 5.96 Å². The highest BCUT2D eigenvalue weighted by atomic mass is 32.2. The van der Waals surface area contributed by atoms with Gasteiger partial charge >= 0.3 is 0 Å². The van der Waals surface area contributed by atoms with Crippen LogP contribution < -0.4 is 10.6 Å². The topological polar surface area (TPSA) is 74.5 Å². The van der Waals surface area contributed by atoms with E-state index in [1.54, 1.807) is 30.8 Å². The lowest BCUT2D eigenvalue weighted by atomic mass is 10.1. The van der Waals surface area contributed by atoms with Crippen LogP contribution in [-0.2, 0) is 31.2 Å². The third-order valence-electron chi connectivity index (χ3n) is 4.74. The van der Waals surface area contributed by atoms with Crippen LogP contribution >= 0.6 is 11.8 Å². The van der Waals surface area contributed by atoms with E-state index < -0.39 is 0 Å². The molecule has 0 aliphatic heterocycles. The third-order valence-corrected chi connectivity index (χ3v) is 5.75. The minimum absolute atomic E-state index is 0.00744. The number of carbonyl (C=O) groups excluding carboxylic acids is 1. The molecule has 0 saturated carbocycles. The molecular formula is C22H34N6OS. The van der Waals surface area contributed by atoms with Crippen molar-refractivity contribution in [2.24, 2.45) is 12.0 Å². The first-order valence-electron chi connectivity index (χ1n) is 10.4. The molecule has 2 aromatic rings. The van der Waals surface area contributed by atoms with E-state index in [-0.39, 0.29) is 12.5 Å². The van der Waals surface area contributed by atoms with E-state index in [0.29, 0.717) is 12.5 Å². The van der Waals surface area contributed by atoms with Crippen molar-refractivity contribution in [2.45, 2.75) is 38.1 Å². The number of nitrogens with one attached hydrogen (secondary N) is 2. The largest absolute Gasteiger partial charge is 0.356 e. The number of nitrogens with zero attached hydrogens (tertiary/aromatic N) is 4. The molecule has 1 heterocycles. The fourth-order valence-electron chi connectivity index (χ4n) is 3.08. The summed E-state index contributed by atoms with van der Waals surface area (Å²) in [6, 6.07) is 10.3. The van der Waals surface area contributed by atoms with Crippen LogP contribution in [0, 0.1) is 0 Å². The highest BCUT2D eigenvalue weighted by Crippen LogP contribution is 2.17. The van der Waals surface area contributed by atoms with E-state index >= 15 is 0 Å². The van der Waals surface area contributed by atoms with Crippen LogP contribution in [0.5, 0.6) is 0 Å². The van der Waals surface area contributed by atoms with Gasteiger partial charge in [-0.15, -0.1) is 11.8 Å². The standard InChI is InChI=1S/C22H34N6OS/c1-6-19-18(20(7-2)28(5)26-19)15-24-22(25-16-21(29)27(3)4)23-13-14-30-17-11-9-8-10-12-17/h8-12H,6-7,13-16H2,1-5H3,(H2,23,24,25). The molecule has 2 rings (SSSR count). The molecule has 0 aliphatic rings. The van der Waals surface area contributed by atoms with Gasteiger partial charge in [-0.25, -0.2) is 4.99 Å². The van der Waals surface area contributed by atoms with Crippen molar-refractivity contribution in [1.29, 1.82) is 0 Å². The van der Waals surface area contributed by atoms with E-state index in [4.69, 9.17) is 4.99 Å². The van der Waals surface area contributed by atoms with Crippen LogP contribution in [0.1, 0.15) is 30.8 Å². The molecule has 0 spiro atoms. The monoisotopic (exact) mass is 430 g/mol. The highest BCUT2D eigenvalue weighted by Gasteiger charge is 2.13. The molecule has 30 heavy (non-hydrogen) atoms. The molecule has 164 valence electrons. The number of hydrogen-bond acceptors (Lipinski definition) is 4. The number of likely N-dealkylation sites (N-methyl/N-ethyl adjacent to an activating group) is 1. The van der Waals surface area contributed by atoms with Crippen LogP contribution in [-0.4, -0.2) is 59.5 Å². The molecule has 0 aliphatic carbocycles. The van der Waals surface area contributed by atoms with Crippen molar-refractivity contribution in [2.75, 3.05) is 32.9 Å². The summed E-state index contributed by atoms with van der Waals surface area (Å²) in [5.41, 5.74) is 3.47. The molecule has 0 fully saturated rings. The number of thioether (sulfide) groups is 1. The maximum absolute atomic E-state index is 12.0. The Bertz CT molecular complexity index is 832. The van der Waals surface area contributed by atoms with E-state index in [1.807, 2.05) is 29.9 Å². The average molecular weight is 431 g/mol. The van der Waals surface area contributed by atoms with Crippen molar-refractivity contribution < 1.29 is 4.79 Å². The number of rotatable bonds is 10. The predicted molar refractivity (Wildman–Crippen MR) is 125 cm³/mol. The Labute approximate surface area is 184 Å². The summed E-state index contributed by atoms with van der Waals surface area (Å²) in [5, 5.41) is 11.1. The Kier molecular flexibility index (Phi) is 9.73. The third kappa shape index (κ3) is 7.09. The second-order valence-electron chi connectivity index (χ2n) is 7.10. The molecule has 7 nitrogen and oxygen atoms in total. The Morgan fingerprint density at radius 1 is 1.17 bits per heavy atom. The highest BCUT2D eigenvalue weighted by molar-refractivity contribution is 7.99. The molecule has 1 amide bonds. The number of hydrogen-bond donors (Lipinski definition) is 2. The summed E-state index contributed by atoms with van der Waals surface area (Å²) in [6.45, 7) is 5.74. The van der Waals surface area contributed by atoms with Gasteiger partial charge in [0.2, 0.25) is 5.91 Å². The second kappa shape index (κ2) is 12.3. The van der Waals surface area contributed by atoms with Crippen molar-refractivity contribution in [3.8, 4) is 0 Å². The zero-order valence-corrected chi connectivity index (χ0v) is 19.6. The number of benzene rings is 1. The lowest BCUT2D eigenvalue weighted by Crippen LogP contribution is -2.43. The second-order valence-corrected chi connectivity index (χ2v) is 8.27. The Morgan fingerprint density at radius 3 is 2.53 bits per heavy atom. The van der Waals surface area contributed by atoms with Crippen LogP contribution in [0.3, 0.4) is 0 Å². The summed E-state index contributed by atoms with van der Waals surface area (Å²) < 4.78 is 1.95. The van der Waals surface area contributed by atoms with E-state index in [1.165, 1.54) is 16.2 Å². The Morgan fingerprint density at radius 2 is 1.90 bits per heavy atom. The summed E-state index contributed by atoms with van der Waals surface area (Å²) in [7, 11) is 5.49. The lowest BCUT2D eigenvalue weighted by Gasteiger charge is -2.15. The fraction of sp³-hybridized carbons (Fsp3) is 0.500. The van der Waals surface area contributed by atoms with Gasteiger partial charge in [0.05, 0.1) is 18.8 Å². The molecule has 1 aromatic carbocycles. The lowest BCUT2D eigenvalue weighted by molar-refractivity contribution is -0.127. The smallest absolute Gasteiger partial charge is 0.241 e. The molecule has 0 saturated heterocycles. The molecule has 1 aromatic heterocycles. The van der Waals surface area contributed by atoms with Gasteiger partial charge in [-0.2, -0.15) is 5.10 Å². The van der Waals surface area contributed by atoms with Crippen molar-refractivity contribution in [1.82, 2.24) is 25.3 Å². The zero-order chi connectivity index (χ0) is 21.9. The quantitative estimate of drug-likeness (QED) is 0.262. The molecular weight excluding hydrogens is 396 g/mol. The van der Waals surface area contributed by atoms with Crippen molar-refractivity contribution in [3.05, 3.63) is 47.3 Å². The molecule has 8 heteroatoms. The zero-order valence-electron chi connectivity index (χ0n) is 18.7. The first kappa shape index (κ1) is 23.8. The van der Waals surface area contributed by atoms with E-state index in [0.717, 1.165) is 30.8 Å². The molecule has 0 atom stereocenters. The van der Waals surface area contributed by atoms with Gasteiger partial charge in [-0.1, -0.05) is 32.0 Å². The summed E-state index contributed by atoms with van der Waals surface area (Å²) in [4.78, 5) is 19.6. The maximum atomic E-state index is 12.0. The number of guanidine groups is 1. The van der Waals surface area contributed by atoms with Crippen molar-refractivity contribution >= 4 is 23.6 Å². The molecule has 0 bridgehead atoms. The number of aryl methyl sites for hydroxylation is 2. The van der Waals surface area contributed by atoms with Crippen LogP contribution in [0.2, 0.25) is 0 Å². The maximum Gasteiger partial charge on any atom is 0.241 e. The Balaban J connectivity index is 2.03. The minimum atomic E-state index is 0.00744. The van der Waals surface area contributed by atoms with Gasteiger partial charge < -0.3 is 15.5 Å². The summed E-state index contributed by atoms with van der Waals surface area (Å²) in [5.74, 6) is 1.56. The van der Waals surface area contributed by atoms with Crippen LogP contribution in [0.4, 0.5) is 0 Å². The number of aromatic nitrogens is 2. The fourth-order valence-corrected chi connectivity index (χ4v) is 3.87. The number of aliphatic imine (C=N–C) groups is 1. The number of carbonyl (C=O) groups is 1. The van der Waals surface area contributed by atoms with Crippen LogP contribution in [0.25, 0.3) is 0 Å². The first-order chi connectivity index (χ1) is 14.5. The van der Waals surface area contributed by atoms with Gasteiger partial charge in [-0.05, 0) is 25.0 Å². The van der Waals surface area contributed by atoms with Gasteiger partial charge in [0, 0.05) is 49.6 Å². The van der Waals surface area contributed by atoms with Gasteiger partial charge in [-0.3, -0.25) is 9.48 Å². The minimum Gasteiger partial charge on any atom is -0.356 e. The predicted octanol–water partition coefficient (Wildman–Crippen LogP) is 2.46. The molecule has 0 unspecified atom stereocenters. The first-order valence-corrected chi connectivity index (χ1v) is 11.4. The Hall–Kier alpha value is -2.48. The summed E-state index contributed by atoms with van der Waals surface area (Å²) >= 11 is 1.79. The molecule has 0 radical (unpaired) electrons. The van der Waals surface area contributed by atoms with Crippen molar-refractivity contribution in [3.63, 3.8) is 0 Å². The van der Waals surface area contributed by atoms with E-state index in [9.17, 15) is 4.79 Å².